The molecule has 0 unspecified atom stereocenters. The van der Waals surface area contributed by atoms with Gasteiger partial charge in [0.15, 0.2) is 0 Å². The Hall–Kier alpha value is -1.27. The summed E-state index contributed by atoms with van der Waals surface area (Å²) < 4.78 is 31.6. The van der Waals surface area contributed by atoms with Gasteiger partial charge in [0.2, 0.25) is 10.0 Å². The van der Waals surface area contributed by atoms with Gasteiger partial charge >= 0.3 is 0 Å². The summed E-state index contributed by atoms with van der Waals surface area (Å²) in [6, 6.07) is 5.65. The summed E-state index contributed by atoms with van der Waals surface area (Å²) in [5.41, 5.74) is 1.45. The number of sulfonamides is 1. The maximum atomic E-state index is 12.0. The Bertz CT molecular complexity index is 513. The molecule has 5 nitrogen and oxygen atoms in total. The molecular formula is C13H22N2O3S. The Morgan fingerprint density at radius 2 is 2.00 bits per heavy atom. The lowest BCUT2D eigenvalue weighted by Crippen LogP contribution is -2.31. The lowest BCUT2D eigenvalue weighted by Gasteiger charge is -2.13. The minimum absolute atomic E-state index is 0.0300. The Kier molecular flexibility index (Phi) is 5.62. The second kappa shape index (κ2) is 6.77. The zero-order chi connectivity index (χ0) is 14.5. The van der Waals surface area contributed by atoms with E-state index in [2.05, 4.69) is 10.0 Å². The molecule has 19 heavy (non-hydrogen) atoms. The molecule has 108 valence electrons. The molecule has 0 aliphatic heterocycles. The number of benzene rings is 1. The number of anilines is 1. The van der Waals surface area contributed by atoms with Crippen LogP contribution in [0.4, 0.5) is 5.69 Å². The van der Waals surface area contributed by atoms with Crippen LogP contribution in [0.25, 0.3) is 0 Å². The van der Waals surface area contributed by atoms with Crippen molar-refractivity contribution in [2.24, 2.45) is 0 Å². The molecule has 0 aliphatic rings. The minimum Gasteiger partial charge on any atom is -0.495 e. The number of hydrogen-bond donors (Lipinski definition) is 2. The molecule has 0 radical (unpaired) electrons. The molecular weight excluding hydrogens is 264 g/mol. The van der Waals surface area contributed by atoms with Crippen molar-refractivity contribution in [3.8, 4) is 5.75 Å². The first-order valence-electron chi connectivity index (χ1n) is 6.22. The average molecular weight is 286 g/mol. The molecule has 1 rings (SSSR count). The van der Waals surface area contributed by atoms with Gasteiger partial charge in [-0.25, -0.2) is 8.42 Å². The summed E-state index contributed by atoms with van der Waals surface area (Å²) in [6.07, 6.45) is 0. The van der Waals surface area contributed by atoms with E-state index < -0.39 is 10.0 Å². The summed E-state index contributed by atoms with van der Waals surface area (Å²) in [6.45, 7) is 6.27. The highest BCUT2D eigenvalue weighted by Crippen LogP contribution is 2.26. The highest BCUT2D eigenvalue weighted by Gasteiger charge is 2.13. The van der Waals surface area contributed by atoms with E-state index in [-0.39, 0.29) is 11.8 Å². The van der Waals surface area contributed by atoms with E-state index in [0.717, 1.165) is 5.56 Å². The lowest BCUT2D eigenvalue weighted by atomic mass is 10.2. The zero-order valence-electron chi connectivity index (χ0n) is 11.9. The summed E-state index contributed by atoms with van der Waals surface area (Å²) in [5.74, 6) is 0.549. The van der Waals surface area contributed by atoms with Gasteiger partial charge < -0.3 is 10.1 Å². The maximum absolute atomic E-state index is 12.0. The fourth-order valence-electron chi connectivity index (χ4n) is 1.60. The number of nitrogens with one attached hydrogen (secondary N) is 2. The molecule has 0 saturated heterocycles. The topological polar surface area (TPSA) is 67.4 Å². The second-order valence-corrected chi connectivity index (χ2v) is 6.58. The number of ether oxygens (including phenoxy) is 1. The van der Waals surface area contributed by atoms with Crippen molar-refractivity contribution in [3.05, 3.63) is 23.8 Å². The standard InChI is InChI=1S/C13H22N2O3S/c1-10(2)14-7-8-19(16,17)15-12-9-11(3)5-6-13(12)18-4/h5-6,9-10,14-15H,7-8H2,1-4H3. The van der Waals surface area contributed by atoms with E-state index in [1.807, 2.05) is 26.8 Å². The van der Waals surface area contributed by atoms with Gasteiger partial charge in [-0.1, -0.05) is 19.9 Å². The van der Waals surface area contributed by atoms with Gasteiger partial charge in [-0.2, -0.15) is 0 Å². The molecule has 2 N–H and O–H groups in total. The fourth-order valence-corrected chi connectivity index (χ4v) is 2.59. The molecule has 0 spiro atoms. The van der Waals surface area contributed by atoms with Crippen LogP contribution in [0.15, 0.2) is 18.2 Å². The minimum atomic E-state index is -3.37. The molecule has 0 atom stereocenters. The van der Waals surface area contributed by atoms with Crippen molar-refractivity contribution in [2.45, 2.75) is 26.8 Å². The third-order valence-electron chi connectivity index (χ3n) is 2.54. The Balaban J connectivity index is 2.74. The molecule has 1 aromatic rings. The van der Waals surface area contributed by atoms with Crippen molar-refractivity contribution >= 4 is 15.7 Å². The highest BCUT2D eigenvalue weighted by atomic mass is 32.2. The average Bonchev–Trinajstić information content (AvgIpc) is 2.27. The van der Waals surface area contributed by atoms with Gasteiger partial charge in [0, 0.05) is 12.6 Å². The molecule has 0 fully saturated rings. The van der Waals surface area contributed by atoms with Gasteiger partial charge in [0.05, 0.1) is 18.6 Å². The summed E-state index contributed by atoms with van der Waals surface area (Å²) in [5, 5.41) is 3.08. The smallest absolute Gasteiger partial charge is 0.234 e. The van der Waals surface area contributed by atoms with Crippen LogP contribution < -0.4 is 14.8 Å². The van der Waals surface area contributed by atoms with Crippen LogP contribution in [0, 0.1) is 6.92 Å². The van der Waals surface area contributed by atoms with Gasteiger partial charge in [0.1, 0.15) is 5.75 Å². The third-order valence-corrected chi connectivity index (χ3v) is 3.82. The summed E-state index contributed by atoms with van der Waals surface area (Å²) >= 11 is 0. The number of methoxy groups -OCH3 is 1. The Labute approximate surface area is 115 Å². The van der Waals surface area contributed by atoms with E-state index in [1.54, 1.807) is 12.1 Å². The van der Waals surface area contributed by atoms with Crippen molar-refractivity contribution in [1.29, 1.82) is 0 Å². The monoisotopic (exact) mass is 286 g/mol. The molecule has 6 heteroatoms. The molecule has 0 amide bonds. The van der Waals surface area contributed by atoms with Gasteiger partial charge in [-0.05, 0) is 24.6 Å². The Morgan fingerprint density at radius 1 is 1.32 bits per heavy atom. The van der Waals surface area contributed by atoms with Crippen molar-refractivity contribution in [2.75, 3.05) is 24.1 Å². The molecule has 0 heterocycles. The number of aryl methyl sites for hydroxylation is 1. The SMILES string of the molecule is COc1ccc(C)cc1NS(=O)(=O)CCNC(C)C. The summed E-state index contributed by atoms with van der Waals surface area (Å²) in [4.78, 5) is 0. The maximum Gasteiger partial charge on any atom is 0.234 e. The first-order chi connectivity index (χ1) is 8.84. The predicted molar refractivity (Wildman–Crippen MR) is 78.3 cm³/mol. The van der Waals surface area contributed by atoms with Crippen LogP contribution in [-0.2, 0) is 10.0 Å². The second-order valence-electron chi connectivity index (χ2n) is 4.73. The van der Waals surface area contributed by atoms with E-state index in [4.69, 9.17) is 4.74 Å². The van der Waals surface area contributed by atoms with Gasteiger partial charge in [-0.3, -0.25) is 4.72 Å². The van der Waals surface area contributed by atoms with E-state index in [1.165, 1.54) is 7.11 Å². The number of rotatable bonds is 7. The molecule has 0 bridgehead atoms. The van der Waals surface area contributed by atoms with Crippen LogP contribution in [0.3, 0.4) is 0 Å². The molecule has 0 saturated carbocycles. The van der Waals surface area contributed by atoms with Crippen molar-refractivity contribution in [1.82, 2.24) is 5.32 Å². The van der Waals surface area contributed by atoms with E-state index in [0.29, 0.717) is 18.0 Å². The van der Waals surface area contributed by atoms with Crippen molar-refractivity contribution < 1.29 is 13.2 Å². The largest absolute Gasteiger partial charge is 0.495 e. The van der Waals surface area contributed by atoms with E-state index in [9.17, 15) is 8.42 Å². The van der Waals surface area contributed by atoms with Crippen molar-refractivity contribution in [3.63, 3.8) is 0 Å². The highest BCUT2D eigenvalue weighted by molar-refractivity contribution is 7.92. The zero-order valence-corrected chi connectivity index (χ0v) is 12.7. The number of hydrogen-bond acceptors (Lipinski definition) is 4. The first kappa shape index (κ1) is 15.8. The van der Waals surface area contributed by atoms with Crippen LogP contribution in [0.2, 0.25) is 0 Å². The normalized spacial score (nSPS) is 11.6. The summed E-state index contributed by atoms with van der Waals surface area (Å²) in [7, 11) is -1.86. The molecule has 1 aromatic carbocycles. The van der Waals surface area contributed by atoms with Crippen LogP contribution >= 0.6 is 0 Å². The molecule has 0 aromatic heterocycles. The van der Waals surface area contributed by atoms with Gasteiger partial charge in [0.25, 0.3) is 0 Å². The first-order valence-corrected chi connectivity index (χ1v) is 7.88. The third kappa shape index (κ3) is 5.48. The van der Waals surface area contributed by atoms with Crippen LogP contribution in [-0.4, -0.2) is 33.9 Å². The molecule has 0 aliphatic carbocycles. The van der Waals surface area contributed by atoms with Gasteiger partial charge in [-0.15, -0.1) is 0 Å². The fraction of sp³-hybridized carbons (Fsp3) is 0.538. The lowest BCUT2D eigenvalue weighted by molar-refractivity contribution is 0.417. The quantitative estimate of drug-likeness (QED) is 0.801. The van der Waals surface area contributed by atoms with Crippen LogP contribution in [0.5, 0.6) is 5.75 Å². The van der Waals surface area contributed by atoms with Crippen LogP contribution in [0.1, 0.15) is 19.4 Å². The predicted octanol–water partition coefficient (Wildman–Crippen LogP) is 1.74. The Morgan fingerprint density at radius 3 is 2.58 bits per heavy atom. The van der Waals surface area contributed by atoms with E-state index >= 15 is 0 Å².